The summed E-state index contributed by atoms with van der Waals surface area (Å²) in [6.45, 7) is 0. The molecule has 7 nitrogen and oxygen atoms in total. The van der Waals surface area contributed by atoms with Crippen molar-refractivity contribution in [1.29, 1.82) is 0 Å². The molecule has 0 aliphatic carbocycles. The van der Waals surface area contributed by atoms with Gasteiger partial charge in [0.25, 0.3) is 11.8 Å². The first-order valence-corrected chi connectivity index (χ1v) is 10.7. The van der Waals surface area contributed by atoms with Crippen LogP contribution in [-0.4, -0.2) is 34.8 Å². The monoisotopic (exact) mass is 499 g/mol. The van der Waals surface area contributed by atoms with E-state index in [4.69, 9.17) is 39.8 Å². The SMILES string of the molecule is CN1C(=O)c2ccc(NC(=S)NC(=O)/C=C/c3ccc(-c4ccc(Cl)cc4Cl)o3)cc2C1=O. The highest BCUT2D eigenvalue weighted by Crippen LogP contribution is 2.31. The van der Waals surface area contributed by atoms with Gasteiger partial charge in [0.05, 0.1) is 16.1 Å². The van der Waals surface area contributed by atoms with Gasteiger partial charge in [-0.2, -0.15) is 0 Å². The molecule has 0 saturated heterocycles. The molecule has 3 aromatic rings. The van der Waals surface area contributed by atoms with Crippen LogP contribution in [0.4, 0.5) is 5.69 Å². The molecule has 0 unspecified atom stereocenters. The van der Waals surface area contributed by atoms with Crippen LogP contribution in [0.15, 0.2) is 59.0 Å². The zero-order chi connectivity index (χ0) is 23.7. The van der Waals surface area contributed by atoms with Gasteiger partial charge in [0, 0.05) is 29.4 Å². The van der Waals surface area contributed by atoms with Gasteiger partial charge in [0.2, 0.25) is 5.91 Å². The normalized spacial score (nSPS) is 12.9. The summed E-state index contributed by atoms with van der Waals surface area (Å²) in [4.78, 5) is 37.3. The van der Waals surface area contributed by atoms with Gasteiger partial charge in [-0.1, -0.05) is 23.2 Å². The number of anilines is 1. The summed E-state index contributed by atoms with van der Waals surface area (Å²) in [7, 11) is 1.42. The van der Waals surface area contributed by atoms with Crippen LogP contribution in [0, 0.1) is 0 Å². The Balaban J connectivity index is 1.37. The van der Waals surface area contributed by atoms with Crippen molar-refractivity contribution in [2.24, 2.45) is 0 Å². The first-order chi connectivity index (χ1) is 15.7. The van der Waals surface area contributed by atoms with Gasteiger partial charge < -0.3 is 9.73 Å². The number of fused-ring (bicyclic) bond motifs is 1. The maximum atomic E-state index is 12.2. The molecule has 0 fully saturated rings. The van der Waals surface area contributed by atoms with E-state index in [1.165, 1.54) is 31.3 Å². The number of halogens is 2. The fraction of sp³-hybridized carbons (Fsp3) is 0.0435. The van der Waals surface area contributed by atoms with Crippen molar-refractivity contribution < 1.29 is 18.8 Å². The lowest BCUT2D eigenvalue weighted by molar-refractivity contribution is -0.115. The molecule has 3 amide bonds. The molecule has 0 radical (unpaired) electrons. The lowest BCUT2D eigenvalue weighted by Gasteiger charge is -2.08. The number of amides is 3. The van der Waals surface area contributed by atoms with E-state index in [1.54, 1.807) is 36.4 Å². The van der Waals surface area contributed by atoms with E-state index in [2.05, 4.69) is 10.6 Å². The van der Waals surface area contributed by atoms with E-state index < -0.39 is 11.8 Å². The molecule has 1 aliphatic rings. The summed E-state index contributed by atoms with van der Waals surface area (Å²) in [5, 5.41) is 6.32. The smallest absolute Gasteiger partial charge is 0.261 e. The van der Waals surface area contributed by atoms with Gasteiger partial charge in [-0.25, -0.2) is 0 Å². The Labute approximate surface area is 204 Å². The van der Waals surface area contributed by atoms with Gasteiger partial charge >= 0.3 is 0 Å². The molecular weight excluding hydrogens is 485 g/mol. The van der Waals surface area contributed by atoms with Crippen molar-refractivity contribution in [3.05, 3.63) is 81.5 Å². The number of nitrogens with one attached hydrogen (secondary N) is 2. The summed E-state index contributed by atoms with van der Waals surface area (Å²) in [6, 6.07) is 13.1. The highest BCUT2D eigenvalue weighted by atomic mass is 35.5. The number of imide groups is 1. The van der Waals surface area contributed by atoms with Gasteiger partial charge in [0.15, 0.2) is 5.11 Å². The number of thiocarbonyl (C=S) groups is 1. The Morgan fingerprint density at radius 2 is 1.73 bits per heavy atom. The maximum absolute atomic E-state index is 12.2. The number of benzene rings is 2. The van der Waals surface area contributed by atoms with Crippen LogP contribution in [0.2, 0.25) is 10.0 Å². The lowest BCUT2D eigenvalue weighted by Crippen LogP contribution is -2.32. The zero-order valence-electron chi connectivity index (χ0n) is 17.0. The summed E-state index contributed by atoms with van der Waals surface area (Å²) in [5.41, 5.74) is 1.74. The Morgan fingerprint density at radius 1 is 1.00 bits per heavy atom. The predicted octanol–water partition coefficient (Wildman–Crippen LogP) is 5.01. The summed E-state index contributed by atoms with van der Waals surface area (Å²) >= 11 is 17.3. The standard InChI is InChI=1S/C23H15Cl2N3O4S/c1-28-21(30)15-7-3-13(11-17(15)22(28)31)26-23(33)27-20(29)9-5-14-4-8-19(32-14)16-6-2-12(24)10-18(16)25/h2-11H,1H3,(H2,26,27,29,33)/b9-5+. The molecule has 0 saturated carbocycles. The molecule has 1 aromatic heterocycles. The number of hydrogen-bond donors (Lipinski definition) is 2. The van der Waals surface area contributed by atoms with Crippen molar-refractivity contribution in [3.63, 3.8) is 0 Å². The van der Waals surface area contributed by atoms with E-state index in [0.29, 0.717) is 38.4 Å². The minimum Gasteiger partial charge on any atom is -0.457 e. The van der Waals surface area contributed by atoms with Crippen molar-refractivity contribution >= 4 is 70.0 Å². The van der Waals surface area contributed by atoms with Crippen molar-refractivity contribution in [2.45, 2.75) is 0 Å². The third kappa shape index (κ3) is 4.83. The largest absolute Gasteiger partial charge is 0.457 e. The second-order valence-electron chi connectivity index (χ2n) is 7.03. The third-order valence-corrected chi connectivity index (χ3v) is 5.56. The molecule has 10 heteroatoms. The lowest BCUT2D eigenvalue weighted by atomic mass is 10.1. The topological polar surface area (TPSA) is 91.7 Å². The van der Waals surface area contributed by atoms with Crippen molar-refractivity contribution in [1.82, 2.24) is 10.2 Å². The van der Waals surface area contributed by atoms with Crippen LogP contribution in [-0.2, 0) is 4.79 Å². The van der Waals surface area contributed by atoms with E-state index >= 15 is 0 Å². The molecule has 2 N–H and O–H groups in total. The number of carbonyl (C=O) groups is 3. The number of nitrogens with zero attached hydrogens (tertiary/aromatic N) is 1. The fourth-order valence-corrected chi connectivity index (χ4v) is 3.91. The number of rotatable bonds is 4. The van der Waals surface area contributed by atoms with Crippen molar-refractivity contribution in [3.8, 4) is 11.3 Å². The Kier molecular flexibility index (Phi) is 6.33. The minimum absolute atomic E-state index is 0.0304. The van der Waals surface area contributed by atoms with E-state index in [0.717, 1.165) is 4.90 Å². The molecule has 0 spiro atoms. The molecular formula is C23H15Cl2N3O4S. The third-order valence-electron chi connectivity index (χ3n) is 4.81. The predicted molar refractivity (Wildman–Crippen MR) is 130 cm³/mol. The van der Waals surface area contributed by atoms with Gasteiger partial charge in [-0.05, 0) is 66.8 Å². The molecule has 2 aromatic carbocycles. The number of furan rings is 1. The molecule has 4 rings (SSSR count). The van der Waals surface area contributed by atoms with Crippen LogP contribution in [0.1, 0.15) is 26.5 Å². The quantitative estimate of drug-likeness (QED) is 0.298. The molecule has 0 bridgehead atoms. The number of hydrogen-bond acceptors (Lipinski definition) is 5. The summed E-state index contributed by atoms with van der Waals surface area (Å²) in [6.07, 6.45) is 2.75. The highest BCUT2D eigenvalue weighted by molar-refractivity contribution is 7.80. The van der Waals surface area contributed by atoms with Gasteiger partial charge in [-0.15, -0.1) is 0 Å². The second-order valence-corrected chi connectivity index (χ2v) is 8.28. The molecule has 1 aliphatic heterocycles. The molecule has 2 heterocycles. The van der Waals surface area contributed by atoms with E-state index in [-0.39, 0.29) is 16.6 Å². The van der Waals surface area contributed by atoms with Crippen LogP contribution < -0.4 is 10.6 Å². The Morgan fingerprint density at radius 3 is 2.48 bits per heavy atom. The van der Waals surface area contributed by atoms with E-state index in [1.807, 2.05) is 0 Å². The average Bonchev–Trinajstić information content (AvgIpc) is 3.32. The minimum atomic E-state index is -0.484. The fourth-order valence-electron chi connectivity index (χ4n) is 3.19. The molecule has 0 atom stereocenters. The van der Waals surface area contributed by atoms with Crippen LogP contribution in [0.3, 0.4) is 0 Å². The Bertz CT molecular complexity index is 1350. The maximum Gasteiger partial charge on any atom is 0.261 e. The molecule has 166 valence electrons. The van der Waals surface area contributed by atoms with Crippen LogP contribution >= 0.6 is 35.4 Å². The molecule has 33 heavy (non-hydrogen) atoms. The van der Waals surface area contributed by atoms with Crippen molar-refractivity contribution in [2.75, 3.05) is 12.4 Å². The highest BCUT2D eigenvalue weighted by Gasteiger charge is 2.32. The van der Waals surface area contributed by atoms with Crippen LogP contribution in [0.5, 0.6) is 0 Å². The van der Waals surface area contributed by atoms with E-state index in [9.17, 15) is 14.4 Å². The average molecular weight is 500 g/mol. The number of carbonyl (C=O) groups excluding carboxylic acids is 3. The summed E-state index contributed by atoms with van der Waals surface area (Å²) in [5.74, 6) is -0.265. The van der Waals surface area contributed by atoms with Gasteiger partial charge in [0.1, 0.15) is 11.5 Å². The zero-order valence-corrected chi connectivity index (χ0v) is 19.3. The summed E-state index contributed by atoms with van der Waals surface area (Å²) < 4.78 is 5.71. The first-order valence-electron chi connectivity index (χ1n) is 9.54. The Hall–Kier alpha value is -3.46. The van der Waals surface area contributed by atoms with Crippen LogP contribution in [0.25, 0.3) is 17.4 Å². The van der Waals surface area contributed by atoms with Gasteiger partial charge in [-0.3, -0.25) is 24.6 Å². The second kappa shape index (κ2) is 9.19. The first kappa shape index (κ1) is 22.7.